The van der Waals surface area contributed by atoms with Gasteiger partial charge in [0.25, 0.3) is 10.0 Å². The first-order valence-corrected chi connectivity index (χ1v) is 13.0. The summed E-state index contributed by atoms with van der Waals surface area (Å²) in [7, 11) is -3.90. The van der Waals surface area contributed by atoms with Gasteiger partial charge in [-0.3, -0.25) is 4.90 Å². The minimum absolute atomic E-state index is 0.0582. The van der Waals surface area contributed by atoms with Gasteiger partial charge < -0.3 is 14.4 Å². The third-order valence-corrected chi connectivity index (χ3v) is 6.50. The molecule has 1 atom stereocenters. The minimum Gasteiger partial charge on any atom is -0.445 e. The molecule has 0 bridgehead atoms. The second-order valence-corrected chi connectivity index (χ2v) is 11.1. The van der Waals surface area contributed by atoms with E-state index >= 15 is 0 Å². The highest BCUT2D eigenvalue weighted by atomic mass is 32.2. The highest BCUT2D eigenvalue weighted by Crippen LogP contribution is 2.17. The van der Waals surface area contributed by atoms with Crippen molar-refractivity contribution in [3.05, 3.63) is 65.7 Å². The van der Waals surface area contributed by atoms with Crippen LogP contribution < -0.4 is 4.83 Å². The van der Waals surface area contributed by atoms with Crippen molar-refractivity contribution in [3.63, 3.8) is 0 Å². The zero-order chi connectivity index (χ0) is 26.3. The number of rotatable bonds is 6. The third kappa shape index (κ3) is 7.70. The van der Waals surface area contributed by atoms with Crippen molar-refractivity contribution in [2.75, 3.05) is 19.6 Å². The maximum absolute atomic E-state index is 12.8. The van der Waals surface area contributed by atoms with Gasteiger partial charge in [-0.05, 0) is 45.4 Å². The van der Waals surface area contributed by atoms with Crippen molar-refractivity contribution in [2.45, 2.75) is 50.8 Å². The number of benzene rings is 2. The second-order valence-electron chi connectivity index (χ2n) is 9.41. The zero-order valence-electron chi connectivity index (χ0n) is 20.9. The first kappa shape index (κ1) is 27.0. The molecule has 1 fully saturated rings. The van der Waals surface area contributed by atoms with Crippen molar-refractivity contribution in [2.24, 2.45) is 5.10 Å². The minimum atomic E-state index is -3.90. The lowest BCUT2D eigenvalue weighted by Gasteiger charge is -2.39. The van der Waals surface area contributed by atoms with Crippen LogP contribution in [0.3, 0.4) is 0 Å². The average Bonchev–Trinajstić information content (AvgIpc) is 2.82. The van der Waals surface area contributed by atoms with Gasteiger partial charge in [0.2, 0.25) is 0 Å². The summed E-state index contributed by atoms with van der Waals surface area (Å²) >= 11 is 0. The molecule has 1 aliphatic heterocycles. The molecule has 2 aromatic carbocycles. The monoisotopic (exact) mass is 516 g/mol. The van der Waals surface area contributed by atoms with E-state index in [1.165, 1.54) is 28.1 Å². The summed E-state index contributed by atoms with van der Waals surface area (Å²) in [5, 5.41) is 3.89. The van der Waals surface area contributed by atoms with E-state index in [0.29, 0.717) is 0 Å². The molecule has 2 amide bonds. The second kappa shape index (κ2) is 11.4. The van der Waals surface area contributed by atoms with Crippen molar-refractivity contribution in [1.82, 2.24) is 14.6 Å². The molecule has 1 heterocycles. The maximum Gasteiger partial charge on any atom is 0.410 e. The fraction of sp³-hybridized carbons (Fsp3) is 0.400. The van der Waals surface area contributed by atoms with Gasteiger partial charge in [-0.1, -0.05) is 48.0 Å². The molecule has 0 saturated carbocycles. The number of carbonyl (C=O) groups is 2. The van der Waals surface area contributed by atoms with E-state index in [0.717, 1.165) is 11.1 Å². The Kier molecular flexibility index (Phi) is 8.57. The van der Waals surface area contributed by atoms with Gasteiger partial charge in [0.05, 0.1) is 10.9 Å². The first-order valence-electron chi connectivity index (χ1n) is 11.5. The maximum atomic E-state index is 12.8. The summed E-state index contributed by atoms with van der Waals surface area (Å²) in [5.74, 6) is 0. The number of sulfonamides is 1. The molecule has 0 spiro atoms. The molecule has 10 nitrogen and oxygen atoms in total. The van der Waals surface area contributed by atoms with Crippen LogP contribution in [0.25, 0.3) is 0 Å². The molecule has 1 saturated heterocycles. The fourth-order valence-electron chi connectivity index (χ4n) is 3.42. The lowest BCUT2D eigenvalue weighted by molar-refractivity contribution is 0.00639. The lowest BCUT2D eigenvalue weighted by atomic mass is 10.2. The number of aryl methyl sites for hydroxylation is 1. The fourth-order valence-corrected chi connectivity index (χ4v) is 4.22. The Balaban J connectivity index is 1.71. The molecular weight excluding hydrogens is 484 g/mol. The molecule has 11 heteroatoms. The summed E-state index contributed by atoms with van der Waals surface area (Å²) in [6.07, 6.45) is 0.158. The van der Waals surface area contributed by atoms with Crippen LogP contribution in [0.5, 0.6) is 0 Å². The van der Waals surface area contributed by atoms with Gasteiger partial charge in [0.15, 0.2) is 0 Å². The highest BCUT2D eigenvalue weighted by Gasteiger charge is 2.35. The average molecular weight is 517 g/mol. The predicted octanol–water partition coefficient (Wildman–Crippen LogP) is 3.52. The van der Waals surface area contributed by atoms with E-state index in [9.17, 15) is 18.0 Å². The van der Waals surface area contributed by atoms with Gasteiger partial charge in [-0.25, -0.2) is 14.4 Å². The quantitative estimate of drug-likeness (QED) is 0.464. The van der Waals surface area contributed by atoms with Gasteiger partial charge in [0.1, 0.15) is 12.2 Å². The lowest BCUT2D eigenvalue weighted by Crippen LogP contribution is -2.58. The van der Waals surface area contributed by atoms with Crippen LogP contribution in [0.4, 0.5) is 9.59 Å². The molecule has 3 rings (SSSR count). The van der Waals surface area contributed by atoms with Crippen LogP contribution in [0.1, 0.15) is 31.9 Å². The number of piperazine rings is 1. The number of hydrazone groups is 1. The van der Waals surface area contributed by atoms with Gasteiger partial charge in [-0.2, -0.15) is 13.5 Å². The van der Waals surface area contributed by atoms with Crippen LogP contribution in [0.2, 0.25) is 0 Å². The predicted molar refractivity (Wildman–Crippen MR) is 135 cm³/mol. The van der Waals surface area contributed by atoms with Crippen molar-refractivity contribution in [1.29, 1.82) is 0 Å². The Morgan fingerprint density at radius 2 is 1.72 bits per heavy atom. The van der Waals surface area contributed by atoms with E-state index in [4.69, 9.17) is 9.47 Å². The molecule has 2 aromatic rings. The van der Waals surface area contributed by atoms with Crippen LogP contribution in [-0.4, -0.2) is 67.9 Å². The topological polar surface area (TPSA) is 118 Å². The van der Waals surface area contributed by atoms with Crippen LogP contribution in [0.15, 0.2) is 64.6 Å². The zero-order valence-corrected chi connectivity index (χ0v) is 21.7. The molecule has 1 unspecified atom stereocenters. The highest BCUT2D eigenvalue weighted by molar-refractivity contribution is 7.89. The SMILES string of the molecule is Cc1ccc(S(=O)(=O)NN=CC2CN(C(=O)OCc3ccccc3)CCN2C(=O)OC(C)(C)C)cc1. The largest absolute Gasteiger partial charge is 0.445 e. The Hall–Kier alpha value is -3.60. The van der Waals surface area contributed by atoms with E-state index in [1.807, 2.05) is 37.3 Å². The molecule has 1 aliphatic rings. The Labute approximate surface area is 211 Å². The summed E-state index contributed by atoms with van der Waals surface area (Å²) in [6, 6.07) is 14.9. The number of hydrogen-bond acceptors (Lipinski definition) is 7. The molecule has 0 aliphatic carbocycles. The summed E-state index contributed by atoms with van der Waals surface area (Å²) in [6.45, 7) is 7.67. The van der Waals surface area contributed by atoms with E-state index in [1.54, 1.807) is 32.9 Å². The standard InChI is InChI=1S/C25H32N4O6S/c1-19-10-12-22(13-11-19)36(32,33)27-26-16-21-17-28(14-15-29(21)24(31)35-25(2,3)4)23(30)34-18-20-8-6-5-7-9-20/h5-13,16,21,27H,14-15,17-18H2,1-4H3. The van der Waals surface area contributed by atoms with Gasteiger partial charge in [-0.15, -0.1) is 0 Å². The van der Waals surface area contributed by atoms with Gasteiger partial charge >= 0.3 is 12.2 Å². The van der Waals surface area contributed by atoms with E-state index < -0.39 is 33.9 Å². The number of nitrogens with zero attached hydrogens (tertiary/aromatic N) is 3. The summed E-state index contributed by atoms with van der Waals surface area (Å²) < 4.78 is 36.0. The molecule has 194 valence electrons. The smallest absolute Gasteiger partial charge is 0.410 e. The Bertz CT molecular complexity index is 1180. The molecule has 0 radical (unpaired) electrons. The van der Waals surface area contributed by atoms with E-state index in [2.05, 4.69) is 9.93 Å². The number of amides is 2. The Morgan fingerprint density at radius 3 is 2.36 bits per heavy atom. The summed E-state index contributed by atoms with van der Waals surface area (Å²) in [4.78, 5) is 30.6. The third-order valence-electron chi connectivity index (χ3n) is 5.26. The molecule has 0 aromatic heterocycles. The number of carbonyl (C=O) groups excluding carboxylic acids is 2. The van der Waals surface area contributed by atoms with Crippen molar-refractivity contribution < 1.29 is 27.5 Å². The Morgan fingerprint density at radius 1 is 1.06 bits per heavy atom. The van der Waals surface area contributed by atoms with Crippen LogP contribution >= 0.6 is 0 Å². The van der Waals surface area contributed by atoms with Crippen LogP contribution in [-0.2, 0) is 26.1 Å². The van der Waals surface area contributed by atoms with Crippen molar-refractivity contribution >= 4 is 28.4 Å². The molecule has 36 heavy (non-hydrogen) atoms. The molecule has 1 N–H and O–H groups in total. The number of hydrogen-bond donors (Lipinski definition) is 1. The normalized spacial score (nSPS) is 16.6. The molecular formula is C25H32N4O6S. The number of ether oxygens (including phenoxy) is 2. The van der Waals surface area contributed by atoms with Gasteiger partial charge in [0, 0.05) is 25.8 Å². The first-order chi connectivity index (χ1) is 16.9. The summed E-state index contributed by atoms with van der Waals surface area (Å²) in [5.41, 5.74) is 1.05. The van der Waals surface area contributed by atoms with Crippen molar-refractivity contribution in [3.8, 4) is 0 Å². The van der Waals surface area contributed by atoms with Crippen LogP contribution in [0, 0.1) is 6.92 Å². The number of nitrogens with one attached hydrogen (secondary N) is 1. The van der Waals surface area contributed by atoms with E-state index in [-0.39, 0.29) is 31.1 Å².